The highest BCUT2D eigenvalue weighted by molar-refractivity contribution is 5.60. The summed E-state index contributed by atoms with van der Waals surface area (Å²) in [7, 11) is 4.80. The van der Waals surface area contributed by atoms with E-state index in [1.807, 2.05) is 6.07 Å². The zero-order chi connectivity index (χ0) is 44.6. The quantitative estimate of drug-likeness (QED) is 0.199. The SMILES string of the molecule is C=C1[C@H]2CC34CCC(C2C32CCN(C)[C@@H]4Cc3cccc(O)c32)N1c1nc(C)c(C2CC2CN2CCC34c5ccccc5CC2C32CCC(N(C)Cc3ccccc3)C4C[C@@H](C)C2)c(C)n1. The lowest BCUT2D eigenvalue weighted by Crippen LogP contribution is -2.75. The van der Waals surface area contributed by atoms with Crippen LogP contribution in [0.3, 0.4) is 0 Å². The van der Waals surface area contributed by atoms with E-state index in [-0.39, 0.29) is 16.2 Å². The summed E-state index contributed by atoms with van der Waals surface area (Å²) in [6.45, 7) is 16.7. The normalized spacial score (nSPS) is 41.3. The van der Waals surface area contributed by atoms with Crippen LogP contribution in [0.1, 0.15) is 122 Å². The number of aryl methyl sites for hydroxylation is 2. The topological polar surface area (TPSA) is 59.0 Å². The molecule has 0 spiro atoms. The molecular weight excluding hydrogens is 809 g/mol. The number of benzene rings is 3. The molecule has 8 fully saturated rings. The fourth-order valence-electron chi connectivity index (χ4n) is 20.1. The third kappa shape index (κ3) is 5.06. The molecule has 8 bridgehead atoms. The van der Waals surface area contributed by atoms with Crippen molar-refractivity contribution in [1.82, 2.24) is 24.7 Å². The minimum absolute atomic E-state index is 0.0254. The van der Waals surface area contributed by atoms with E-state index >= 15 is 0 Å². The molecule has 7 nitrogen and oxygen atoms in total. The lowest BCUT2D eigenvalue weighted by Gasteiger charge is -2.73. The Morgan fingerprint density at radius 3 is 2.35 bits per heavy atom. The van der Waals surface area contributed by atoms with Gasteiger partial charge in [0.1, 0.15) is 5.75 Å². The van der Waals surface area contributed by atoms with Crippen LogP contribution < -0.4 is 4.90 Å². The zero-order valence-electron chi connectivity index (χ0n) is 40.4. The molecule has 3 aromatic carbocycles. The number of likely N-dealkylation sites (tertiary alicyclic amines) is 2. The molecule has 0 amide bonds. The van der Waals surface area contributed by atoms with Crippen LogP contribution in [-0.4, -0.2) is 87.7 Å². The molecule has 10 aliphatic rings. The maximum atomic E-state index is 11.7. The smallest absolute Gasteiger partial charge is 0.230 e. The summed E-state index contributed by atoms with van der Waals surface area (Å²) in [6.07, 6.45) is 14.9. The predicted molar refractivity (Wildman–Crippen MR) is 263 cm³/mol. The number of likely N-dealkylation sites (N-methyl/N-ethyl adjacent to an activating group) is 1. The van der Waals surface area contributed by atoms with Crippen LogP contribution in [0.4, 0.5) is 5.95 Å². The van der Waals surface area contributed by atoms with E-state index < -0.39 is 0 Å². The number of allylic oxidation sites excluding steroid dienone is 1. The number of aromatic hydroxyl groups is 1. The number of phenolic OH excluding ortho intramolecular Hbond substituents is 1. The molecule has 0 radical (unpaired) electrons. The Hall–Kier alpha value is -4.04. The van der Waals surface area contributed by atoms with Gasteiger partial charge in [-0.15, -0.1) is 0 Å². The molecule has 4 aromatic rings. The molecule has 3 saturated heterocycles. The van der Waals surface area contributed by atoms with Crippen molar-refractivity contribution in [2.24, 2.45) is 40.4 Å². The molecule has 1 aromatic heterocycles. The Bertz CT molecular complexity index is 2640. The first-order chi connectivity index (χ1) is 32.0. The van der Waals surface area contributed by atoms with Crippen molar-refractivity contribution in [3.8, 4) is 5.75 Å². The molecule has 3 aliphatic heterocycles. The predicted octanol–water partition coefficient (Wildman–Crippen LogP) is 10.1. The first-order valence-electron chi connectivity index (χ1n) is 26.4. The number of anilines is 1. The average Bonchev–Trinajstić information content (AvgIpc) is 3.92. The molecule has 11 unspecified atom stereocenters. The second kappa shape index (κ2) is 14.0. The van der Waals surface area contributed by atoms with Crippen molar-refractivity contribution in [1.29, 1.82) is 0 Å². The van der Waals surface area contributed by atoms with Gasteiger partial charge in [-0.05, 0) is 192 Å². The van der Waals surface area contributed by atoms with Gasteiger partial charge in [-0.1, -0.05) is 80.2 Å². The van der Waals surface area contributed by atoms with E-state index in [0.29, 0.717) is 64.9 Å². The third-order valence-electron chi connectivity index (χ3n) is 22.0. The van der Waals surface area contributed by atoms with Crippen LogP contribution in [0.15, 0.2) is 85.1 Å². The monoisotopic (exact) mass is 881 g/mol. The lowest BCUT2D eigenvalue weighted by atomic mass is 9.35. The molecule has 7 heteroatoms. The maximum Gasteiger partial charge on any atom is 0.230 e. The highest BCUT2D eigenvalue weighted by Gasteiger charge is 2.77. The summed E-state index contributed by atoms with van der Waals surface area (Å²) >= 11 is 0. The number of phenols is 1. The Balaban J connectivity index is 0.743. The van der Waals surface area contributed by atoms with Crippen LogP contribution in [0.5, 0.6) is 5.75 Å². The standard InChI is InChI=1S/C59H72N6O/c1-35-27-46-47(63(6)33-39-13-8-7-9-14-39)19-21-56(31-35)51-29-40-15-10-11-17-45(40)58(46,56)24-26-64(51)34-42-28-43(42)52-36(2)60-55(61-37(52)3)65-38(4)44-32-57-22-20-48(65)54(44)59(57)23-25-62(5)50(57)30-41-16-12-18-49(66)53(41)59/h7-18,35,42-44,46-48,50-51,54,66H,4,19-34H2,1-3,5-6H3/t35-,42?,43?,44-,46?,47?,48?,50-,51?,54?,56?,57?,58?,59?/m1/s1. The van der Waals surface area contributed by atoms with Crippen LogP contribution >= 0.6 is 0 Å². The largest absolute Gasteiger partial charge is 0.508 e. The van der Waals surface area contributed by atoms with Gasteiger partial charge in [0.25, 0.3) is 0 Å². The van der Waals surface area contributed by atoms with Crippen molar-refractivity contribution in [3.63, 3.8) is 0 Å². The molecule has 14 rings (SSSR count). The van der Waals surface area contributed by atoms with Gasteiger partial charge in [-0.2, -0.15) is 0 Å². The molecule has 1 N–H and O–H groups in total. The Morgan fingerprint density at radius 2 is 1.52 bits per heavy atom. The minimum Gasteiger partial charge on any atom is -0.508 e. The number of nitrogens with zero attached hydrogens (tertiary/aromatic N) is 6. The van der Waals surface area contributed by atoms with Crippen molar-refractivity contribution in [3.05, 3.63) is 130 Å². The van der Waals surface area contributed by atoms with Gasteiger partial charge in [0.05, 0.1) is 0 Å². The van der Waals surface area contributed by atoms with Gasteiger partial charge in [0.2, 0.25) is 5.95 Å². The first-order valence-corrected chi connectivity index (χ1v) is 26.4. The van der Waals surface area contributed by atoms with Crippen molar-refractivity contribution >= 4 is 5.95 Å². The second-order valence-corrected chi connectivity index (χ2v) is 24.3. The molecule has 4 heterocycles. The van der Waals surface area contributed by atoms with Gasteiger partial charge in [0.15, 0.2) is 0 Å². The number of rotatable bonds is 7. The third-order valence-corrected chi connectivity index (χ3v) is 22.0. The summed E-state index contributed by atoms with van der Waals surface area (Å²) in [6, 6.07) is 29.4. The minimum atomic E-state index is -0.0254. The molecule has 14 atom stereocenters. The highest BCUT2D eigenvalue weighted by Crippen LogP contribution is 2.78. The number of fused-ring (bicyclic) bond motifs is 2. The molecule has 5 saturated carbocycles. The number of hydrogen-bond donors (Lipinski definition) is 1. The molecule has 7 aliphatic carbocycles. The molecule has 344 valence electrons. The average molecular weight is 881 g/mol. The summed E-state index contributed by atoms with van der Waals surface area (Å²) in [5.74, 6) is 4.89. The van der Waals surface area contributed by atoms with Crippen LogP contribution in [0, 0.1) is 54.3 Å². The lowest BCUT2D eigenvalue weighted by molar-refractivity contribution is -0.180. The van der Waals surface area contributed by atoms with Gasteiger partial charge in [0, 0.05) is 76.7 Å². The second-order valence-electron chi connectivity index (χ2n) is 24.3. The Morgan fingerprint density at radius 1 is 0.788 bits per heavy atom. The Kier molecular flexibility index (Phi) is 8.71. The van der Waals surface area contributed by atoms with Gasteiger partial charge >= 0.3 is 0 Å². The molecular formula is C59H72N6O. The summed E-state index contributed by atoms with van der Waals surface area (Å²) in [5.41, 5.74) is 13.3. The van der Waals surface area contributed by atoms with E-state index in [2.05, 4.69) is 121 Å². The summed E-state index contributed by atoms with van der Waals surface area (Å²) < 4.78 is 0. The van der Waals surface area contributed by atoms with Crippen LogP contribution in [0.25, 0.3) is 0 Å². The van der Waals surface area contributed by atoms with Crippen LogP contribution in [0.2, 0.25) is 0 Å². The van der Waals surface area contributed by atoms with Crippen molar-refractivity contribution < 1.29 is 5.11 Å². The fraction of sp³-hybridized carbons (Fsp3) is 0.593. The first kappa shape index (κ1) is 41.0. The van der Waals surface area contributed by atoms with E-state index in [1.54, 1.807) is 11.1 Å². The Labute approximate surface area is 394 Å². The highest BCUT2D eigenvalue weighted by atomic mass is 16.3. The zero-order valence-corrected chi connectivity index (χ0v) is 40.4. The van der Waals surface area contributed by atoms with E-state index in [1.165, 1.54) is 110 Å². The number of aromatic nitrogens is 2. The van der Waals surface area contributed by atoms with Gasteiger partial charge < -0.3 is 14.9 Å². The van der Waals surface area contributed by atoms with Crippen LogP contribution in [-0.2, 0) is 30.2 Å². The fourth-order valence-corrected chi connectivity index (χ4v) is 20.1. The molecule has 66 heavy (non-hydrogen) atoms. The van der Waals surface area contributed by atoms with E-state index in [4.69, 9.17) is 16.5 Å². The van der Waals surface area contributed by atoms with Gasteiger partial charge in [-0.25, -0.2) is 9.97 Å². The van der Waals surface area contributed by atoms with Gasteiger partial charge in [-0.3, -0.25) is 9.80 Å². The maximum absolute atomic E-state index is 11.7. The summed E-state index contributed by atoms with van der Waals surface area (Å²) in [5, 5.41) is 11.7. The van der Waals surface area contributed by atoms with E-state index in [9.17, 15) is 5.11 Å². The van der Waals surface area contributed by atoms with Crippen molar-refractivity contribution in [2.75, 3.05) is 38.6 Å². The number of hydrogen-bond acceptors (Lipinski definition) is 7. The van der Waals surface area contributed by atoms with Crippen molar-refractivity contribution in [2.45, 2.75) is 145 Å². The number of piperidine rings is 2. The van der Waals surface area contributed by atoms with E-state index in [0.717, 1.165) is 44.2 Å². The summed E-state index contributed by atoms with van der Waals surface area (Å²) in [4.78, 5) is 22.0.